The first-order valence-corrected chi connectivity index (χ1v) is 5.75. The zero-order valence-corrected chi connectivity index (χ0v) is 10.8. The molecule has 0 fully saturated rings. The molecule has 2 rings (SSSR count). The van der Waals surface area contributed by atoms with Gasteiger partial charge in [-0.05, 0) is 26.3 Å². The molecule has 0 aliphatic carbocycles. The second kappa shape index (κ2) is 4.33. The van der Waals surface area contributed by atoms with E-state index in [1.807, 2.05) is 31.0 Å². The normalized spacial score (nSPS) is 13.0. The third-order valence-corrected chi connectivity index (χ3v) is 3.31. The van der Waals surface area contributed by atoms with Gasteiger partial charge in [-0.15, -0.1) is 0 Å². The molecule has 17 heavy (non-hydrogen) atoms. The summed E-state index contributed by atoms with van der Waals surface area (Å²) in [5.74, 6) is 0. The van der Waals surface area contributed by atoms with Gasteiger partial charge in [-0.3, -0.25) is 9.36 Å². The fourth-order valence-electron chi connectivity index (χ4n) is 2.04. The lowest BCUT2D eigenvalue weighted by Gasteiger charge is -2.15. The van der Waals surface area contributed by atoms with E-state index < -0.39 is 0 Å². The summed E-state index contributed by atoms with van der Waals surface area (Å²) < 4.78 is 3.79. The number of nitrogens with zero attached hydrogens (tertiary/aromatic N) is 4. The molecule has 0 aliphatic rings. The Kier molecular flexibility index (Phi) is 3.02. The standard InChI is InChI=1S/C12H19N5/c1-8-9(2)15-17(10(8)3)12(5-13)11-6-14-16(4)7-11/h6-7,12H,5,13H2,1-4H3. The first kappa shape index (κ1) is 11.9. The molecule has 5 heteroatoms. The van der Waals surface area contributed by atoms with Gasteiger partial charge in [0.25, 0.3) is 0 Å². The van der Waals surface area contributed by atoms with Crippen molar-refractivity contribution < 1.29 is 0 Å². The molecule has 2 aromatic heterocycles. The first-order chi connectivity index (χ1) is 8.04. The highest BCUT2D eigenvalue weighted by Gasteiger charge is 2.18. The van der Waals surface area contributed by atoms with Gasteiger partial charge in [0.05, 0.1) is 17.9 Å². The van der Waals surface area contributed by atoms with Gasteiger partial charge in [0.15, 0.2) is 0 Å². The summed E-state index contributed by atoms with van der Waals surface area (Å²) in [5, 5.41) is 8.76. The summed E-state index contributed by atoms with van der Waals surface area (Å²) in [6.45, 7) is 6.71. The molecule has 2 heterocycles. The molecule has 0 aromatic carbocycles. The molecule has 0 saturated carbocycles. The summed E-state index contributed by atoms with van der Waals surface area (Å²) >= 11 is 0. The van der Waals surface area contributed by atoms with Crippen LogP contribution < -0.4 is 5.73 Å². The Morgan fingerprint density at radius 1 is 1.35 bits per heavy atom. The van der Waals surface area contributed by atoms with Crippen LogP contribution in [0.15, 0.2) is 12.4 Å². The van der Waals surface area contributed by atoms with Gasteiger partial charge in [-0.2, -0.15) is 10.2 Å². The van der Waals surface area contributed by atoms with Crippen LogP contribution in [0.5, 0.6) is 0 Å². The molecule has 5 nitrogen and oxygen atoms in total. The Hall–Kier alpha value is -1.62. The number of hydrogen-bond donors (Lipinski definition) is 1. The number of rotatable bonds is 3. The van der Waals surface area contributed by atoms with Gasteiger partial charge >= 0.3 is 0 Å². The van der Waals surface area contributed by atoms with E-state index >= 15 is 0 Å². The second-order valence-corrected chi connectivity index (χ2v) is 4.44. The lowest BCUT2D eigenvalue weighted by Crippen LogP contribution is -2.22. The van der Waals surface area contributed by atoms with Crippen LogP contribution in [-0.2, 0) is 7.05 Å². The molecule has 2 N–H and O–H groups in total. The average Bonchev–Trinajstić information content (AvgIpc) is 2.82. The smallest absolute Gasteiger partial charge is 0.0924 e. The third-order valence-electron chi connectivity index (χ3n) is 3.31. The highest BCUT2D eigenvalue weighted by atomic mass is 15.3. The topological polar surface area (TPSA) is 61.7 Å². The molecular formula is C12H19N5. The Morgan fingerprint density at radius 2 is 2.06 bits per heavy atom. The van der Waals surface area contributed by atoms with Crippen molar-refractivity contribution in [1.29, 1.82) is 0 Å². The SMILES string of the molecule is Cc1nn(C(CN)c2cnn(C)c2)c(C)c1C. The summed E-state index contributed by atoms with van der Waals surface area (Å²) in [6, 6.07) is 0.0658. The van der Waals surface area contributed by atoms with E-state index in [0.29, 0.717) is 6.54 Å². The molecule has 0 amide bonds. The summed E-state index contributed by atoms with van der Waals surface area (Å²) in [5.41, 5.74) is 10.4. The predicted molar refractivity (Wildman–Crippen MR) is 66.8 cm³/mol. The molecule has 0 bridgehead atoms. The number of aryl methyl sites for hydroxylation is 2. The number of nitrogens with two attached hydrogens (primary N) is 1. The molecule has 1 unspecified atom stereocenters. The zero-order valence-electron chi connectivity index (χ0n) is 10.8. The number of aromatic nitrogens is 4. The Balaban J connectivity index is 2.45. The van der Waals surface area contributed by atoms with Gasteiger partial charge in [-0.25, -0.2) is 0 Å². The van der Waals surface area contributed by atoms with Crippen LogP contribution in [0.1, 0.15) is 28.6 Å². The molecule has 0 aliphatic heterocycles. The van der Waals surface area contributed by atoms with E-state index in [0.717, 1.165) is 11.3 Å². The van der Waals surface area contributed by atoms with E-state index in [1.165, 1.54) is 11.3 Å². The third kappa shape index (κ3) is 1.98. The summed E-state index contributed by atoms with van der Waals surface area (Å²) in [4.78, 5) is 0. The minimum atomic E-state index is 0.0658. The van der Waals surface area contributed by atoms with Crippen molar-refractivity contribution >= 4 is 0 Å². The highest BCUT2D eigenvalue weighted by molar-refractivity contribution is 5.25. The monoisotopic (exact) mass is 233 g/mol. The maximum absolute atomic E-state index is 5.88. The fraction of sp³-hybridized carbons (Fsp3) is 0.500. The lowest BCUT2D eigenvalue weighted by molar-refractivity contribution is 0.516. The van der Waals surface area contributed by atoms with Gasteiger partial charge in [0.1, 0.15) is 0 Å². The van der Waals surface area contributed by atoms with Crippen LogP contribution in [0.3, 0.4) is 0 Å². The summed E-state index contributed by atoms with van der Waals surface area (Å²) in [6.07, 6.45) is 3.84. The second-order valence-electron chi connectivity index (χ2n) is 4.44. The predicted octanol–water partition coefficient (Wildman–Crippen LogP) is 1.09. The van der Waals surface area contributed by atoms with Gasteiger partial charge in [0.2, 0.25) is 0 Å². The fourth-order valence-corrected chi connectivity index (χ4v) is 2.04. The first-order valence-electron chi connectivity index (χ1n) is 5.75. The molecule has 0 saturated heterocycles. The van der Waals surface area contributed by atoms with Crippen molar-refractivity contribution in [2.75, 3.05) is 6.54 Å². The van der Waals surface area contributed by atoms with Crippen LogP contribution in [0.25, 0.3) is 0 Å². The van der Waals surface area contributed by atoms with Gasteiger partial charge < -0.3 is 5.73 Å². The van der Waals surface area contributed by atoms with Crippen molar-refractivity contribution in [3.63, 3.8) is 0 Å². The van der Waals surface area contributed by atoms with Crippen LogP contribution in [0.4, 0.5) is 0 Å². The minimum Gasteiger partial charge on any atom is -0.328 e. The van der Waals surface area contributed by atoms with Crippen LogP contribution in [0.2, 0.25) is 0 Å². The van der Waals surface area contributed by atoms with Gasteiger partial charge in [0, 0.05) is 31.0 Å². The minimum absolute atomic E-state index is 0.0658. The molecule has 92 valence electrons. The molecule has 1 atom stereocenters. The summed E-state index contributed by atoms with van der Waals surface area (Å²) in [7, 11) is 1.91. The van der Waals surface area contributed by atoms with Gasteiger partial charge in [-0.1, -0.05) is 0 Å². The van der Waals surface area contributed by atoms with E-state index in [1.54, 1.807) is 4.68 Å². The maximum atomic E-state index is 5.88. The van der Waals surface area contributed by atoms with Crippen LogP contribution >= 0.6 is 0 Å². The molecule has 0 radical (unpaired) electrons. The van der Waals surface area contributed by atoms with Crippen molar-refractivity contribution in [2.45, 2.75) is 26.8 Å². The Morgan fingerprint density at radius 3 is 2.47 bits per heavy atom. The lowest BCUT2D eigenvalue weighted by atomic mass is 10.1. The van der Waals surface area contributed by atoms with Crippen LogP contribution in [0, 0.1) is 20.8 Å². The number of hydrogen-bond acceptors (Lipinski definition) is 3. The Bertz CT molecular complexity index is 523. The zero-order chi connectivity index (χ0) is 12.6. The quantitative estimate of drug-likeness (QED) is 0.863. The Labute approximate surface area is 101 Å². The maximum Gasteiger partial charge on any atom is 0.0924 e. The largest absolute Gasteiger partial charge is 0.328 e. The van der Waals surface area contributed by atoms with E-state index in [2.05, 4.69) is 24.0 Å². The van der Waals surface area contributed by atoms with E-state index in [4.69, 9.17) is 5.73 Å². The average molecular weight is 233 g/mol. The van der Waals surface area contributed by atoms with E-state index in [-0.39, 0.29) is 6.04 Å². The highest BCUT2D eigenvalue weighted by Crippen LogP contribution is 2.21. The van der Waals surface area contributed by atoms with Crippen molar-refractivity contribution in [1.82, 2.24) is 19.6 Å². The van der Waals surface area contributed by atoms with Crippen molar-refractivity contribution in [3.05, 3.63) is 34.9 Å². The molecular weight excluding hydrogens is 214 g/mol. The van der Waals surface area contributed by atoms with Crippen LogP contribution in [-0.4, -0.2) is 26.1 Å². The molecule has 0 spiro atoms. The van der Waals surface area contributed by atoms with E-state index in [9.17, 15) is 0 Å². The molecule has 2 aromatic rings. The van der Waals surface area contributed by atoms with Crippen molar-refractivity contribution in [3.8, 4) is 0 Å². The van der Waals surface area contributed by atoms with Crippen molar-refractivity contribution in [2.24, 2.45) is 12.8 Å².